The lowest BCUT2D eigenvalue weighted by Gasteiger charge is -2.37. The Labute approximate surface area is 191 Å². The van der Waals surface area contributed by atoms with E-state index in [-0.39, 0.29) is 30.2 Å². The van der Waals surface area contributed by atoms with Gasteiger partial charge in [0.1, 0.15) is 0 Å². The number of carbonyl (C=O) groups excluding carboxylic acids is 2. The lowest BCUT2D eigenvalue weighted by atomic mass is 10.1. The minimum atomic E-state index is -4.54. The Kier molecular flexibility index (Phi) is 8.10. The van der Waals surface area contributed by atoms with Gasteiger partial charge in [-0.2, -0.15) is 13.2 Å². The van der Waals surface area contributed by atoms with E-state index in [4.69, 9.17) is 0 Å². The summed E-state index contributed by atoms with van der Waals surface area (Å²) in [7, 11) is 0. The van der Waals surface area contributed by atoms with Crippen molar-refractivity contribution in [2.75, 3.05) is 38.0 Å². The van der Waals surface area contributed by atoms with Gasteiger partial charge in [0.25, 0.3) is 0 Å². The van der Waals surface area contributed by atoms with Crippen molar-refractivity contribution in [3.05, 3.63) is 65.7 Å². The first-order valence-corrected chi connectivity index (χ1v) is 10.9. The molecule has 6 nitrogen and oxygen atoms in total. The van der Waals surface area contributed by atoms with Crippen molar-refractivity contribution in [3.8, 4) is 0 Å². The lowest BCUT2D eigenvalue weighted by Crippen LogP contribution is -2.55. The first-order chi connectivity index (χ1) is 15.6. The molecule has 0 spiro atoms. The van der Waals surface area contributed by atoms with Crippen LogP contribution in [0.3, 0.4) is 0 Å². The summed E-state index contributed by atoms with van der Waals surface area (Å²) in [5.41, 5.74) is -0.0832. The van der Waals surface area contributed by atoms with E-state index in [1.165, 1.54) is 18.2 Å². The molecule has 2 N–H and O–H groups in total. The van der Waals surface area contributed by atoms with Gasteiger partial charge in [0.05, 0.1) is 29.9 Å². The molecule has 0 bridgehead atoms. The van der Waals surface area contributed by atoms with Crippen molar-refractivity contribution in [1.82, 2.24) is 15.1 Å². The number of halogens is 3. The SMILES string of the molecule is C[C@H](NC(=O)[C@H](C)N1CCN(CC(=O)Nc2ccccc2C(F)(F)F)CC1)c1ccccc1. The molecule has 178 valence electrons. The van der Waals surface area contributed by atoms with Crippen LogP contribution in [-0.2, 0) is 15.8 Å². The van der Waals surface area contributed by atoms with E-state index in [2.05, 4.69) is 10.6 Å². The topological polar surface area (TPSA) is 64.7 Å². The molecule has 0 radical (unpaired) electrons. The zero-order chi connectivity index (χ0) is 24.0. The molecule has 1 aliphatic rings. The summed E-state index contributed by atoms with van der Waals surface area (Å²) in [5, 5.41) is 5.41. The minimum absolute atomic E-state index is 0.00828. The molecule has 1 saturated heterocycles. The molecule has 1 heterocycles. The number of alkyl halides is 3. The van der Waals surface area contributed by atoms with E-state index in [1.54, 1.807) is 0 Å². The molecule has 2 aromatic rings. The van der Waals surface area contributed by atoms with Gasteiger partial charge in [-0.05, 0) is 31.5 Å². The molecular weight excluding hydrogens is 433 g/mol. The zero-order valence-electron chi connectivity index (χ0n) is 18.7. The number of carbonyl (C=O) groups is 2. The van der Waals surface area contributed by atoms with E-state index in [9.17, 15) is 22.8 Å². The van der Waals surface area contributed by atoms with Crippen LogP contribution in [0, 0.1) is 0 Å². The summed E-state index contributed by atoms with van der Waals surface area (Å²) in [6.07, 6.45) is -4.54. The van der Waals surface area contributed by atoms with Crippen LogP contribution in [0.25, 0.3) is 0 Å². The van der Waals surface area contributed by atoms with E-state index < -0.39 is 17.6 Å². The van der Waals surface area contributed by atoms with Crippen LogP contribution >= 0.6 is 0 Å². The Morgan fingerprint density at radius 1 is 0.939 bits per heavy atom. The van der Waals surface area contributed by atoms with Crippen LogP contribution in [0.1, 0.15) is 31.0 Å². The Morgan fingerprint density at radius 3 is 2.18 bits per heavy atom. The predicted molar refractivity (Wildman–Crippen MR) is 121 cm³/mol. The molecule has 0 saturated carbocycles. The Morgan fingerprint density at radius 2 is 1.55 bits per heavy atom. The smallest absolute Gasteiger partial charge is 0.348 e. The molecule has 33 heavy (non-hydrogen) atoms. The van der Waals surface area contributed by atoms with E-state index in [1.807, 2.05) is 54.0 Å². The van der Waals surface area contributed by atoms with Gasteiger partial charge in [-0.15, -0.1) is 0 Å². The standard InChI is InChI=1S/C24H29F3N4O2/c1-17(19-8-4-3-5-9-19)28-23(33)18(2)31-14-12-30(13-15-31)16-22(32)29-21-11-7-6-10-20(21)24(25,26)27/h3-11,17-18H,12-16H2,1-2H3,(H,28,33)(H,29,32)/t17-,18-/m0/s1. The number of benzene rings is 2. The second-order valence-electron chi connectivity index (χ2n) is 8.22. The molecule has 0 unspecified atom stereocenters. The molecule has 9 heteroatoms. The number of nitrogens with zero attached hydrogens (tertiary/aromatic N) is 2. The van der Waals surface area contributed by atoms with Crippen molar-refractivity contribution in [2.24, 2.45) is 0 Å². The molecule has 2 amide bonds. The van der Waals surface area contributed by atoms with E-state index in [0.29, 0.717) is 26.2 Å². The molecule has 0 aliphatic carbocycles. The predicted octanol–water partition coefficient (Wildman–Crippen LogP) is 3.53. The van der Waals surface area contributed by atoms with Crippen molar-refractivity contribution in [3.63, 3.8) is 0 Å². The maximum atomic E-state index is 13.1. The van der Waals surface area contributed by atoms with Crippen LogP contribution < -0.4 is 10.6 Å². The molecular formula is C24H29F3N4O2. The molecule has 2 aromatic carbocycles. The average molecular weight is 463 g/mol. The highest BCUT2D eigenvalue weighted by Crippen LogP contribution is 2.34. The van der Waals surface area contributed by atoms with Crippen molar-refractivity contribution >= 4 is 17.5 Å². The third-order valence-electron chi connectivity index (χ3n) is 5.87. The number of nitrogens with one attached hydrogen (secondary N) is 2. The maximum Gasteiger partial charge on any atom is 0.418 e. The summed E-state index contributed by atoms with van der Waals surface area (Å²) < 4.78 is 39.4. The number of hydrogen-bond acceptors (Lipinski definition) is 4. The second-order valence-corrected chi connectivity index (χ2v) is 8.22. The number of hydrogen-bond donors (Lipinski definition) is 2. The molecule has 1 aliphatic heterocycles. The van der Waals surface area contributed by atoms with Gasteiger partial charge in [0, 0.05) is 26.2 Å². The Bertz CT molecular complexity index is 944. The summed E-state index contributed by atoms with van der Waals surface area (Å²) in [6.45, 7) is 6.03. The van der Waals surface area contributed by atoms with Crippen LogP contribution in [-0.4, -0.2) is 60.4 Å². The lowest BCUT2D eigenvalue weighted by molar-refractivity contribution is -0.137. The number of rotatable bonds is 7. The fourth-order valence-corrected chi connectivity index (χ4v) is 3.87. The highest BCUT2D eigenvalue weighted by atomic mass is 19.4. The largest absolute Gasteiger partial charge is 0.418 e. The molecule has 3 rings (SSSR count). The van der Waals surface area contributed by atoms with Crippen molar-refractivity contribution in [1.29, 1.82) is 0 Å². The Hall–Kier alpha value is -2.91. The molecule has 0 aromatic heterocycles. The van der Waals surface area contributed by atoms with Crippen molar-refractivity contribution in [2.45, 2.75) is 32.1 Å². The minimum Gasteiger partial charge on any atom is -0.348 e. The third-order valence-corrected chi connectivity index (χ3v) is 5.87. The number of piperazine rings is 1. The van der Waals surface area contributed by atoms with Gasteiger partial charge in [-0.3, -0.25) is 19.4 Å². The summed E-state index contributed by atoms with van der Waals surface area (Å²) >= 11 is 0. The van der Waals surface area contributed by atoms with Crippen LogP contribution in [0.5, 0.6) is 0 Å². The number of amides is 2. The number of para-hydroxylation sites is 1. The van der Waals surface area contributed by atoms with Gasteiger partial charge < -0.3 is 10.6 Å². The van der Waals surface area contributed by atoms with Crippen LogP contribution in [0.4, 0.5) is 18.9 Å². The van der Waals surface area contributed by atoms with E-state index >= 15 is 0 Å². The first kappa shape index (κ1) is 24.7. The Balaban J connectivity index is 1.47. The summed E-state index contributed by atoms with van der Waals surface area (Å²) in [5.74, 6) is -0.566. The van der Waals surface area contributed by atoms with E-state index in [0.717, 1.165) is 11.6 Å². The number of anilines is 1. The highest BCUT2D eigenvalue weighted by Gasteiger charge is 2.34. The zero-order valence-corrected chi connectivity index (χ0v) is 18.7. The first-order valence-electron chi connectivity index (χ1n) is 10.9. The van der Waals surface area contributed by atoms with Gasteiger partial charge in [-0.1, -0.05) is 42.5 Å². The third kappa shape index (κ3) is 6.79. The van der Waals surface area contributed by atoms with Crippen LogP contribution in [0.15, 0.2) is 54.6 Å². The quantitative estimate of drug-likeness (QED) is 0.661. The van der Waals surface area contributed by atoms with Crippen LogP contribution in [0.2, 0.25) is 0 Å². The van der Waals surface area contributed by atoms with Gasteiger partial charge >= 0.3 is 6.18 Å². The van der Waals surface area contributed by atoms with Crippen molar-refractivity contribution < 1.29 is 22.8 Å². The second kappa shape index (κ2) is 10.8. The van der Waals surface area contributed by atoms with Gasteiger partial charge in [0.15, 0.2) is 0 Å². The summed E-state index contributed by atoms with van der Waals surface area (Å²) in [6, 6.07) is 14.2. The van der Waals surface area contributed by atoms with Gasteiger partial charge in [-0.25, -0.2) is 0 Å². The highest BCUT2D eigenvalue weighted by molar-refractivity contribution is 5.93. The maximum absolute atomic E-state index is 13.1. The molecule has 1 fully saturated rings. The summed E-state index contributed by atoms with van der Waals surface area (Å²) in [4.78, 5) is 28.9. The monoisotopic (exact) mass is 462 g/mol. The fourth-order valence-electron chi connectivity index (χ4n) is 3.87. The van der Waals surface area contributed by atoms with Gasteiger partial charge in [0.2, 0.25) is 11.8 Å². The average Bonchev–Trinajstić information content (AvgIpc) is 2.79. The molecule has 2 atom stereocenters. The normalized spacial score (nSPS) is 17.2. The fraction of sp³-hybridized carbons (Fsp3) is 0.417.